The molecule has 0 saturated carbocycles. The third-order valence-corrected chi connectivity index (χ3v) is 9.52. The van der Waals surface area contributed by atoms with Crippen LogP contribution < -0.4 is 15.9 Å². The van der Waals surface area contributed by atoms with E-state index >= 15 is 0 Å². The van der Waals surface area contributed by atoms with Gasteiger partial charge in [-0.25, -0.2) is 0 Å². The number of rotatable bonds is 5. The Bertz CT molecular complexity index is 1330. The highest BCUT2D eigenvalue weighted by atomic mass is 31.1. The van der Waals surface area contributed by atoms with Crippen molar-refractivity contribution < 1.29 is 5.11 Å². The van der Waals surface area contributed by atoms with E-state index in [2.05, 4.69) is 140 Å². The lowest BCUT2D eigenvalue weighted by molar-refractivity contribution is 0.441. The van der Waals surface area contributed by atoms with Crippen molar-refractivity contribution in [3.05, 3.63) is 118 Å². The van der Waals surface area contributed by atoms with E-state index in [1.807, 2.05) is 0 Å². The van der Waals surface area contributed by atoms with Gasteiger partial charge >= 0.3 is 0 Å². The van der Waals surface area contributed by atoms with Crippen molar-refractivity contribution in [3.63, 3.8) is 0 Å². The van der Waals surface area contributed by atoms with E-state index in [1.165, 1.54) is 38.2 Å². The lowest BCUT2D eigenvalue weighted by atomic mass is 9.82. The minimum atomic E-state index is -0.790. The van der Waals surface area contributed by atoms with Crippen LogP contribution in [0.5, 0.6) is 5.75 Å². The standard InChI is InChI=1S/C35H41OP/c1-24-19-26(32(36)30(21-24)34(3,4)5)23-27-20-25(2)22-31(35(6,7)8)33(27)37(28-15-11-9-12-16-28)29-17-13-10-14-18-29/h9-22,36H,23H2,1-8H3. The van der Waals surface area contributed by atoms with Crippen LogP contribution in [0.25, 0.3) is 0 Å². The molecule has 0 aromatic heterocycles. The molecule has 0 aliphatic rings. The Labute approximate surface area is 225 Å². The van der Waals surface area contributed by atoms with Gasteiger partial charge in [0, 0.05) is 6.42 Å². The van der Waals surface area contributed by atoms with Crippen LogP contribution in [0, 0.1) is 13.8 Å². The highest BCUT2D eigenvalue weighted by Crippen LogP contribution is 2.41. The van der Waals surface area contributed by atoms with Crippen molar-refractivity contribution in [1.29, 1.82) is 0 Å². The zero-order valence-corrected chi connectivity index (χ0v) is 24.6. The van der Waals surface area contributed by atoms with E-state index in [1.54, 1.807) is 0 Å². The molecule has 0 saturated heterocycles. The Balaban J connectivity index is 2.03. The summed E-state index contributed by atoms with van der Waals surface area (Å²) in [7, 11) is -0.790. The zero-order chi connectivity index (χ0) is 27.0. The Morgan fingerprint density at radius 3 is 1.49 bits per heavy atom. The number of hydrogen-bond donors (Lipinski definition) is 1. The highest BCUT2D eigenvalue weighted by Gasteiger charge is 2.29. The summed E-state index contributed by atoms with van der Waals surface area (Å²) in [5.41, 5.74) is 7.03. The number of benzene rings is 4. The molecule has 0 radical (unpaired) electrons. The normalized spacial score (nSPS) is 12.2. The van der Waals surface area contributed by atoms with Crippen molar-refractivity contribution in [2.24, 2.45) is 0 Å². The molecule has 192 valence electrons. The largest absolute Gasteiger partial charge is 0.507 e. The Kier molecular flexibility index (Phi) is 7.68. The van der Waals surface area contributed by atoms with E-state index in [4.69, 9.17) is 0 Å². The Hall–Kier alpha value is -2.89. The predicted octanol–water partition coefficient (Wildman–Crippen LogP) is 7.95. The number of phenolic OH excluding ortho intramolecular Hbond substituents is 1. The first kappa shape index (κ1) is 27.2. The summed E-state index contributed by atoms with van der Waals surface area (Å²) < 4.78 is 0. The summed E-state index contributed by atoms with van der Waals surface area (Å²) in [6.45, 7) is 17.8. The first-order chi connectivity index (χ1) is 17.4. The van der Waals surface area contributed by atoms with Gasteiger partial charge in [-0.15, -0.1) is 0 Å². The minimum absolute atomic E-state index is 0.0224. The van der Waals surface area contributed by atoms with Gasteiger partial charge in [0.25, 0.3) is 0 Å². The molecule has 1 nitrogen and oxygen atoms in total. The van der Waals surface area contributed by atoms with E-state index in [9.17, 15) is 5.11 Å². The second-order valence-corrected chi connectivity index (χ2v) is 14.5. The van der Waals surface area contributed by atoms with Gasteiger partial charge < -0.3 is 5.11 Å². The first-order valence-corrected chi connectivity index (χ1v) is 14.6. The maximum atomic E-state index is 11.5. The quantitative estimate of drug-likeness (QED) is 0.271. The van der Waals surface area contributed by atoms with E-state index in [0.717, 1.165) is 11.1 Å². The molecule has 0 aliphatic heterocycles. The summed E-state index contributed by atoms with van der Waals surface area (Å²) in [5, 5.41) is 15.6. The number of aromatic hydroxyl groups is 1. The fourth-order valence-corrected chi connectivity index (χ4v) is 7.98. The first-order valence-electron chi connectivity index (χ1n) is 13.2. The summed E-state index contributed by atoms with van der Waals surface area (Å²) in [6, 6.07) is 30.9. The smallest absolute Gasteiger partial charge is 0.122 e. The molecule has 37 heavy (non-hydrogen) atoms. The van der Waals surface area contributed by atoms with Gasteiger partial charge in [0.2, 0.25) is 0 Å². The Morgan fingerprint density at radius 1 is 0.595 bits per heavy atom. The van der Waals surface area contributed by atoms with Crippen LogP contribution in [0.15, 0.2) is 84.9 Å². The molecule has 0 aliphatic carbocycles. The monoisotopic (exact) mass is 508 g/mol. The van der Waals surface area contributed by atoms with Crippen molar-refractivity contribution >= 4 is 23.8 Å². The van der Waals surface area contributed by atoms with Crippen LogP contribution in [0.2, 0.25) is 0 Å². The second-order valence-electron chi connectivity index (χ2n) is 12.3. The fraction of sp³-hybridized carbons (Fsp3) is 0.314. The van der Waals surface area contributed by atoms with E-state index < -0.39 is 7.92 Å². The zero-order valence-electron chi connectivity index (χ0n) is 23.7. The lowest BCUT2D eigenvalue weighted by Crippen LogP contribution is -2.31. The van der Waals surface area contributed by atoms with Gasteiger partial charge in [-0.3, -0.25) is 0 Å². The number of phenols is 1. The molecular formula is C35H41OP. The van der Waals surface area contributed by atoms with Crippen LogP contribution in [0.3, 0.4) is 0 Å². The third kappa shape index (κ3) is 6.00. The average molecular weight is 509 g/mol. The molecule has 0 bridgehead atoms. The van der Waals surface area contributed by atoms with Gasteiger partial charge in [-0.1, -0.05) is 138 Å². The lowest BCUT2D eigenvalue weighted by Gasteiger charge is -2.32. The molecular weight excluding hydrogens is 467 g/mol. The molecule has 0 amide bonds. The Morgan fingerprint density at radius 2 is 1.03 bits per heavy atom. The van der Waals surface area contributed by atoms with E-state index in [-0.39, 0.29) is 10.8 Å². The summed E-state index contributed by atoms with van der Waals surface area (Å²) in [5.74, 6) is 0.437. The highest BCUT2D eigenvalue weighted by molar-refractivity contribution is 7.80. The van der Waals surface area contributed by atoms with Gasteiger partial charge in [0.1, 0.15) is 5.75 Å². The molecule has 0 spiro atoms. The predicted molar refractivity (Wildman–Crippen MR) is 163 cm³/mol. The molecule has 0 unspecified atom stereocenters. The molecule has 4 aromatic carbocycles. The maximum Gasteiger partial charge on any atom is 0.122 e. The van der Waals surface area contributed by atoms with Gasteiger partial charge in [-0.05, 0) is 70.8 Å². The van der Waals surface area contributed by atoms with Crippen molar-refractivity contribution in [2.75, 3.05) is 0 Å². The second kappa shape index (κ2) is 10.5. The van der Waals surface area contributed by atoms with Gasteiger partial charge in [0.15, 0.2) is 0 Å². The number of hydrogen-bond acceptors (Lipinski definition) is 1. The van der Waals surface area contributed by atoms with Gasteiger partial charge in [0.05, 0.1) is 0 Å². The summed E-state index contributed by atoms with van der Waals surface area (Å²) in [4.78, 5) is 0. The topological polar surface area (TPSA) is 20.2 Å². The van der Waals surface area contributed by atoms with Crippen LogP contribution in [-0.4, -0.2) is 5.11 Å². The molecule has 0 fully saturated rings. The van der Waals surface area contributed by atoms with Crippen molar-refractivity contribution in [2.45, 2.75) is 72.6 Å². The van der Waals surface area contributed by atoms with Crippen LogP contribution in [-0.2, 0) is 17.3 Å². The molecule has 4 rings (SSSR count). The molecule has 1 N–H and O–H groups in total. The maximum absolute atomic E-state index is 11.5. The van der Waals surface area contributed by atoms with Crippen LogP contribution in [0.1, 0.15) is 74.9 Å². The number of aryl methyl sites for hydroxylation is 2. The average Bonchev–Trinajstić information content (AvgIpc) is 2.82. The van der Waals surface area contributed by atoms with Gasteiger partial charge in [-0.2, -0.15) is 0 Å². The molecule has 0 heterocycles. The van der Waals surface area contributed by atoms with Crippen LogP contribution >= 0.6 is 7.92 Å². The summed E-state index contributed by atoms with van der Waals surface area (Å²) in [6.07, 6.45) is 0.704. The van der Waals surface area contributed by atoms with Crippen molar-refractivity contribution in [1.82, 2.24) is 0 Å². The molecule has 4 aromatic rings. The van der Waals surface area contributed by atoms with Crippen LogP contribution in [0.4, 0.5) is 0 Å². The van der Waals surface area contributed by atoms with E-state index in [0.29, 0.717) is 12.2 Å². The molecule has 2 heteroatoms. The third-order valence-electron chi connectivity index (χ3n) is 6.92. The van der Waals surface area contributed by atoms with Crippen molar-refractivity contribution in [3.8, 4) is 5.75 Å². The summed E-state index contributed by atoms with van der Waals surface area (Å²) >= 11 is 0. The molecule has 0 atom stereocenters. The fourth-order valence-electron chi connectivity index (χ4n) is 5.15. The minimum Gasteiger partial charge on any atom is -0.507 e. The SMILES string of the molecule is Cc1cc(Cc2cc(C)cc(C(C)(C)C)c2P(c2ccccc2)c2ccccc2)c(O)c(C(C)(C)C)c1.